The minimum absolute atomic E-state index is 0.115. The Kier molecular flexibility index (Phi) is 7.72. The van der Waals surface area contributed by atoms with Crippen LogP contribution in [0.3, 0.4) is 0 Å². The van der Waals surface area contributed by atoms with E-state index in [1.807, 2.05) is 4.90 Å². The summed E-state index contributed by atoms with van der Waals surface area (Å²) in [6, 6.07) is 4.48. The maximum atomic E-state index is 15.1. The second kappa shape index (κ2) is 11.5. The molecule has 0 aliphatic carbocycles. The lowest BCUT2D eigenvalue weighted by molar-refractivity contribution is -0.130. The number of imidazole rings is 1. The molecule has 0 radical (unpaired) electrons. The first-order chi connectivity index (χ1) is 19.3. The molecule has 5 rings (SSSR count). The number of rotatable bonds is 8. The van der Waals surface area contributed by atoms with Gasteiger partial charge in [0.1, 0.15) is 17.6 Å². The number of carbonyl (C=O) groups is 4. The van der Waals surface area contributed by atoms with E-state index >= 15 is 4.39 Å². The van der Waals surface area contributed by atoms with Crippen LogP contribution in [0.1, 0.15) is 10.5 Å². The van der Waals surface area contributed by atoms with Crippen LogP contribution in [0.25, 0.3) is 5.65 Å². The third-order valence-corrected chi connectivity index (χ3v) is 6.70. The number of fused-ring (bicyclic) bond motifs is 1. The van der Waals surface area contributed by atoms with Crippen molar-refractivity contribution in [1.29, 1.82) is 0 Å². The van der Waals surface area contributed by atoms with Crippen LogP contribution in [0.5, 0.6) is 0 Å². The third-order valence-electron chi connectivity index (χ3n) is 6.70. The zero-order valence-corrected chi connectivity index (χ0v) is 21.5. The molecule has 2 aliphatic heterocycles. The largest absolute Gasteiger partial charge is 0.442 e. The molecule has 2 aliphatic rings. The molecule has 2 saturated heterocycles. The molecule has 0 spiro atoms. The third kappa shape index (κ3) is 5.78. The van der Waals surface area contributed by atoms with Gasteiger partial charge in [0.05, 0.1) is 43.8 Å². The molecule has 2 fully saturated rings. The van der Waals surface area contributed by atoms with Crippen LogP contribution in [0.2, 0.25) is 0 Å². The maximum absolute atomic E-state index is 15.1. The molecule has 0 saturated carbocycles. The van der Waals surface area contributed by atoms with E-state index < -0.39 is 23.9 Å². The molecule has 3 aromatic rings. The molecule has 1 atom stereocenters. The second-order valence-electron chi connectivity index (χ2n) is 9.28. The van der Waals surface area contributed by atoms with E-state index in [1.165, 1.54) is 17.2 Å². The number of halogens is 1. The number of nitrogens with two attached hydrogens (primary N) is 1. The zero-order chi connectivity index (χ0) is 28.2. The Labute approximate surface area is 227 Å². The molecule has 40 heavy (non-hydrogen) atoms. The molecule has 4 heterocycles. The summed E-state index contributed by atoms with van der Waals surface area (Å²) in [6.07, 6.45) is 5.14. The van der Waals surface area contributed by atoms with Gasteiger partial charge in [-0.25, -0.2) is 14.2 Å². The summed E-state index contributed by atoms with van der Waals surface area (Å²) in [7, 11) is 0. The summed E-state index contributed by atoms with van der Waals surface area (Å²) in [5.74, 6) is -1.59. The van der Waals surface area contributed by atoms with Crippen LogP contribution in [-0.4, -0.2) is 102 Å². The molecular formula is C25H28FN9O5. The van der Waals surface area contributed by atoms with Gasteiger partial charge in [0.25, 0.3) is 5.91 Å². The van der Waals surface area contributed by atoms with E-state index in [9.17, 15) is 19.2 Å². The molecule has 4 amide bonds. The van der Waals surface area contributed by atoms with Crippen molar-refractivity contribution >= 4 is 40.8 Å². The first-order valence-corrected chi connectivity index (χ1v) is 12.7. The van der Waals surface area contributed by atoms with Gasteiger partial charge in [0.2, 0.25) is 11.8 Å². The standard InChI is InChI=1S/C25H28FN9O5/c26-18-9-16(35-14-17(40-25(35)39)11-29-22(36)10-27)1-2-20(18)32-5-7-33(8-6-32)23(37)13-30-24(38)19-15-34-4-3-28-12-21(34)31-19/h1-4,9,12,15,17H,5-8,10-11,13-14,27H2,(H,29,36)(H,30,38). The quantitative estimate of drug-likeness (QED) is 0.328. The first kappa shape index (κ1) is 26.8. The molecule has 0 bridgehead atoms. The van der Waals surface area contributed by atoms with Gasteiger partial charge in [-0.3, -0.25) is 24.3 Å². The molecule has 210 valence electrons. The van der Waals surface area contributed by atoms with Gasteiger partial charge >= 0.3 is 6.09 Å². The number of cyclic esters (lactones) is 1. The Morgan fingerprint density at radius 1 is 1.15 bits per heavy atom. The van der Waals surface area contributed by atoms with Crippen LogP contribution < -0.4 is 26.2 Å². The number of hydrogen-bond donors (Lipinski definition) is 3. The predicted molar refractivity (Wildman–Crippen MR) is 140 cm³/mol. The minimum Gasteiger partial charge on any atom is -0.442 e. The number of hydrogen-bond acceptors (Lipinski definition) is 9. The van der Waals surface area contributed by atoms with Gasteiger partial charge in [-0.05, 0) is 18.2 Å². The molecular weight excluding hydrogens is 525 g/mol. The fraction of sp³-hybridized carbons (Fsp3) is 0.360. The normalized spacial score (nSPS) is 17.2. The smallest absolute Gasteiger partial charge is 0.414 e. The fourth-order valence-electron chi connectivity index (χ4n) is 4.57. The van der Waals surface area contributed by atoms with E-state index in [0.717, 1.165) is 0 Å². The first-order valence-electron chi connectivity index (χ1n) is 12.7. The van der Waals surface area contributed by atoms with Gasteiger partial charge in [-0.2, -0.15) is 0 Å². The lowest BCUT2D eigenvalue weighted by Crippen LogP contribution is -2.51. The number of nitrogens with one attached hydrogen (secondary N) is 2. The van der Waals surface area contributed by atoms with Crippen molar-refractivity contribution in [1.82, 2.24) is 29.9 Å². The van der Waals surface area contributed by atoms with Crippen LogP contribution in [0.4, 0.5) is 20.6 Å². The van der Waals surface area contributed by atoms with Crippen molar-refractivity contribution in [2.24, 2.45) is 5.73 Å². The Bertz CT molecular complexity index is 1410. The van der Waals surface area contributed by atoms with Gasteiger partial charge in [0.15, 0.2) is 5.65 Å². The van der Waals surface area contributed by atoms with E-state index in [0.29, 0.717) is 43.2 Å². The van der Waals surface area contributed by atoms with Gasteiger partial charge in [0, 0.05) is 44.8 Å². The summed E-state index contributed by atoms with van der Waals surface area (Å²) in [6.45, 7) is 1.41. The van der Waals surface area contributed by atoms with E-state index in [4.69, 9.17) is 10.5 Å². The summed E-state index contributed by atoms with van der Waals surface area (Å²) in [4.78, 5) is 61.6. The predicted octanol–water partition coefficient (Wildman–Crippen LogP) is -0.653. The van der Waals surface area contributed by atoms with Crippen molar-refractivity contribution < 1.29 is 28.3 Å². The molecule has 4 N–H and O–H groups in total. The lowest BCUT2D eigenvalue weighted by atomic mass is 10.2. The van der Waals surface area contributed by atoms with E-state index in [2.05, 4.69) is 20.6 Å². The molecule has 1 aromatic carbocycles. The number of ether oxygens (including phenoxy) is 1. The Morgan fingerprint density at radius 2 is 1.95 bits per heavy atom. The SMILES string of the molecule is NCC(=O)NCC1CN(c2ccc(N3CCN(C(=O)CNC(=O)c4cn5ccncc5n4)CC3)c(F)c2)C(=O)O1. The van der Waals surface area contributed by atoms with Crippen molar-refractivity contribution in [2.75, 3.05) is 62.2 Å². The van der Waals surface area contributed by atoms with Crippen LogP contribution in [-0.2, 0) is 14.3 Å². The highest BCUT2D eigenvalue weighted by Crippen LogP contribution is 2.28. The Balaban J connectivity index is 1.11. The summed E-state index contributed by atoms with van der Waals surface area (Å²) >= 11 is 0. The average Bonchev–Trinajstić information content (AvgIpc) is 3.58. The van der Waals surface area contributed by atoms with E-state index in [-0.39, 0.29) is 43.7 Å². The number of benzene rings is 1. The zero-order valence-electron chi connectivity index (χ0n) is 21.5. The van der Waals surface area contributed by atoms with Gasteiger partial charge in [-0.15, -0.1) is 0 Å². The summed E-state index contributed by atoms with van der Waals surface area (Å²) < 4.78 is 22.0. The number of piperazine rings is 1. The average molecular weight is 554 g/mol. The van der Waals surface area contributed by atoms with Crippen molar-refractivity contribution in [3.05, 3.63) is 54.5 Å². The lowest BCUT2D eigenvalue weighted by Gasteiger charge is -2.36. The van der Waals surface area contributed by atoms with E-state index in [1.54, 1.807) is 40.0 Å². The number of amides is 4. The summed E-state index contributed by atoms with van der Waals surface area (Å²) in [5.41, 5.74) is 6.65. The topological polar surface area (TPSA) is 167 Å². The van der Waals surface area contributed by atoms with Gasteiger partial charge < -0.3 is 35.3 Å². The number of aromatic nitrogens is 3. The highest BCUT2D eigenvalue weighted by atomic mass is 19.1. The van der Waals surface area contributed by atoms with Crippen molar-refractivity contribution in [2.45, 2.75) is 6.10 Å². The highest BCUT2D eigenvalue weighted by Gasteiger charge is 2.33. The number of carbonyl (C=O) groups excluding carboxylic acids is 4. The molecule has 14 nitrogen and oxygen atoms in total. The highest BCUT2D eigenvalue weighted by molar-refractivity contribution is 5.95. The van der Waals surface area contributed by atoms with Crippen molar-refractivity contribution in [3.63, 3.8) is 0 Å². The van der Waals surface area contributed by atoms with Crippen molar-refractivity contribution in [3.8, 4) is 0 Å². The van der Waals surface area contributed by atoms with Crippen LogP contribution >= 0.6 is 0 Å². The summed E-state index contributed by atoms with van der Waals surface area (Å²) in [5, 5.41) is 5.16. The van der Waals surface area contributed by atoms with Gasteiger partial charge in [-0.1, -0.05) is 0 Å². The maximum Gasteiger partial charge on any atom is 0.414 e. The molecule has 2 aromatic heterocycles. The second-order valence-corrected chi connectivity index (χ2v) is 9.28. The minimum atomic E-state index is -0.628. The number of anilines is 2. The van der Waals surface area contributed by atoms with Crippen LogP contribution in [0.15, 0.2) is 43.0 Å². The molecule has 15 heteroatoms. The Hall–Kier alpha value is -4.79. The number of nitrogens with zero attached hydrogens (tertiary/aromatic N) is 6. The van der Waals surface area contributed by atoms with Crippen LogP contribution in [0, 0.1) is 5.82 Å². The fourth-order valence-corrected chi connectivity index (χ4v) is 4.57. The molecule has 1 unspecified atom stereocenters. The Morgan fingerprint density at radius 3 is 2.67 bits per heavy atom. The monoisotopic (exact) mass is 553 g/mol.